The molecule has 0 aromatic heterocycles. The molecule has 3 nitrogen and oxygen atoms in total. The number of ether oxygens (including phenoxy) is 1. The molecule has 0 atom stereocenters. The molecule has 4 heteroatoms. The van der Waals surface area contributed by atoms with E-state index in [1.807, 2.05) is 18.2 Å². The SMILES string of the molecule is [CH3][Sn]([CH3])([CH3])[c]1cc2c3c(cccc3c1)C(=O)OC2=O. The quantitative estimate of drug-likeness (QED) is 0.446. The molecule has 19 heavy (non-hydrogen) atoms. The monoisotopic (exact) mass is 362 g/mol. The van der Waals surface area contributed by atoms with Crippen LogP contribution < -0.4 is 3.58 Å². The summed E-state index contributed by atoms with van der Waals surface area (Å²) < 4.78 is 6.08. The van der Waals surface area contributed by atoms with Crippen LogP contribution in [0.1, 0.15) is 20.7 Å². The normalized spacial score (nSPS) is 14.7. The molecule has 1 aliphatic heterocycles. The fourth-order valence-corrected chi connectivity index (χ4v) is 5.71. The van der Waals surface area contributed by atoms with Crippen LogP contribution in [0, 0.1) is 0 Å². The Bertz CT molecular complexity index is 726. The zero-order valence-corrected chi connectivity index (χ0v) is 14.0. The summed E-state index contributed by atoms with van der Waals surface area (Å²) in [7, 11) is 0. The number of carbonyl (C=O) groups excluding carboxylic acids is 2. The van der Waals surface area contributed by atoms with Crippen molar-refractivity contribution in [3.63, 3.8) is 0 Å². The van der Waals surface area contributed by atoms with Gasteiger partial charge in [0.15, 0.2) is 0 Å². The molecule has 2 aromatic carbocycles. The van der Waals surface area contributed by atoms with E-state index in [4.69, 9.17) is 4.74 Å². The van der Waals surface area contributed by atoms with E-state index in [2.05, 4.69) is 20.9 Å². The molecule has 0 radical (unpaired) electrons. The van der Waals surface area contributed by atoms with Crippen molar-refractivity contribution in [2.24, 2.45) is 0 Å². The molecule has 0 N–H and O–H groups in total. The topological polar surface area (TPSA) is 43.4 Å². The molecule has 0 amide bonds. The van der Waals surface area contributed by atoms with Gasteiger partial charge in [-0.2, -0.15) is 0 Å². The number of benzene rings is 2. The van der Waals surface area contributed by atoms with Gasteiger partial charge in [0, 0.05) is 0 Å². The molecule has 1 heterocycles. The van der Waals surface area contributed by atoms with Crippen LogP contribution >= 0.6 is 0 Å². The molecule has 0 saturated heterocycles. The Kier molecular flexibility index (Phi) is 2.71. The predicted octanol–water partition coefficient (Wildman–Crippen LogP) is 2.70. The van der Waals surface area contributed by atoms with Crippen LogP contribution in [-0.2, 0) is 4.74 Å². The van der Waals surface area contributed by atoms with Gasteiger partial charge in [0.05, 0.1) is 0 Å². The molecule has 0 fully saturated rings. The van der Waals surface area contributed by atoms with Gasteiger partial charge in [0.2, 0.25) is 0 Å². The zero-order chi connectivity index (χ0) is 13.8. The minimum atomic E-state index is -2.28. The summed E-state index contributed by atoms with van der Waals surface area (Å²) in [5.74, 6) is -1.07. The zero-order valence-electron chi connectivity index (χ0n) is 11.1. The summed E-state index contributed by atoms with van der Waals surface area (Å²) in [6.45, 7) is 0. The van der Waals surface area contributed by atoms with Crippen molar-refractivity contribution in [3.05, 3.63) is 41.5 Å². The van der Waals surface area contributed by atoms with Crippen LogP contribution in [0.15, 0.2) is 30.3 Å². The van der Waals surface area contributed by atoms with Gasteiger partial charge in [0.1, 0.15) is 0 Å². The average molecular weight is 361 g/mol. The van der Waals surface area contributed by atoms with Crippen molar-refractivity contribution in [1.29, 1.82) is 0 Å². The number of hydrogen-bond acceptors (Lipinski definition) is 3. The van der Waals surface area contributed by atoms with Gasteiger partial charge in [-0.1, -0.05) is 0 Å². The second kappa shape index (κ2) is 4.07. The number of cyclic esters (lactones) is 2. The second-order valence-corrected chi connectivity index (χ2v) is 20.3. The number of esters is 2. The average Bonchev–Trinajstić information content (AvgIpc) is 2.34. The summed E-state index contributed by atoms with van der Waals surface area (Å²) in [6.07, 6.45) is 0. The van der Waals surface area contributed by atoms with Crippen LogP contribution in [0.4, 0.5) is 0 Å². The van der Waals surface area contributed by atoms with E-state index in [0.29, 0.717) is 11.1 Å². The first kappa shape index (κ1) is 12.7. The third-order valence-corrected chi connectivity index (χ3v) is 9.24. The Morgan fingerprint density at radius 1 is 0.947 bits per heavy atom. The Morgan fingerprint density at radius 2 is 1.63 bits per heavy atom. The van der Waals surface area contributed by atoms with Crippen LogP contribution in [0.3, 0.4) is 0 Å². The number of hydrogen-bond donors (Lipinski definition) is 0. The minimum absolute atomic E-state index is 0.489. The van der Waals surface area contributed by atoms with Crippen LogP contribution in [-0.4, -0.2) is 30.3 Å². The third-order valence-electron chi connectivity index (χ3n) is 3.47. The molecule has 96 valence electrons. The molecule has 3 rings (SSSR count). The summed E-state index contributed by atoms with van der Waals surface area (Å²) in [6, 6.07) is 9.55. The summed E-state index contributed by atoms with van der Waals surface area (Å²) in [4.78, 5) is 30.6. The molecule has 1 aliphatic rings. The van der Waals surface area contributed by atoms with E-state index in [1.165, 1.54) is 3.58 Å². The fraction of sp³-hybridized carbons (Fsp3) is 0.200. The van der Waals surface area contributed by atoms with Gasteiger partial charge in [-0.25, -0.2) is 0 Å². The van der Waals surface area contributed by atoms with Gasteiger partial charge in [-0.15, -0.1) is 0 Å². The molecular weight excluding hydrogens is 347 g/mol. The van der Waals surface area contributed by atoms with Crippen molar-refractivity contribution in [2.75, 3.05) is 0 Å². The molecule has 0 aliphatic carbocycles. The van der Waals surface area contributed by atoms with Gasteiger partial charge < -0.3 is 0 Å². The summed E-state index contributed by atoms with van der Waals surface area (Å²) in [5.41, 5.74) is 1.03. The second-order valence-electron chi connectivity index (χ2n) is 5.85. The standard InChI is InChI=1S/C12H5O3.3CH3.Sn/c13-11-8-5-1-3-7-4-2-6-9(10(7)8)12(14)15-11;;;;/h1,3-6H;3*1H3;. The Morgan fingerprint density at radius 3 is 2.32 bits per heavy atom. The molecule has 0 bridgehead atoms. The van der Waals surface area contributed by atoms with E-state index < -0.39 is 30.3 Å². The Balaban J connectivity index is 2.44. The van der Waals surface area contributed by atoms with E-state index in [0.717, 1.165) is 10.8 Å². The van der Waals surface area contributed by atoms with Gasteiger partial charge >= 0.3 is 115 Å². The number of carbonyl (C=O) groups is 2. The van der Waals surface area contributed by atoms with Gasteiger partial charge in [-0.3, -0.25) is 0 Å². The molecule has 0 unspecified atom stereocenters. The maximum atomic E-state index is 11.9. The molecule has 2 aromatic rings. The van der Waals surface area contributed by atoms with Crippen molar-refractivity contribution < 1.29 is 14.3 Å². The van der Waals surface area contributed by atoms with E-state index in [-0.39, 0.29) is 0 Å². The van der Waals surface area contributed by atoms with E-state index >= 15 is 0 Å². The number of rotatable bonds is 1. The van der Waals surface area contributed by atoms with Crippen molar-refractivity contribution in [3.8, 4) is 0 Å². The van der Waals surface area contributed by atoms with Crippen molar-refractivity contribution >= 4 is 44.7 Å². The first-order valence-electron chi connectivity index (χ1n) is 6.22. The van der Waals surface area contributed by atoms with Crippen LogP contribution in [0.2, 0.25) is 14.8 Å². The summed E-state index contributed by atoms with van der Waals surface area (Å²) in [5, 5.41) is 1.70. The first-order chi connectivity index (χ1) is 8.88. The Labute approximate surface area is 115 Å². The fourth-order valence-electron chi connectivity index (χ4n) is 2.39. The molecular formula is C15H14O3Sn. The maximum absolute atomic E-state index is 11.9. The molecule has 0 saturated carbocycles. The summed E-state index contributed by atoms with van der Waals surface area (Å²) >= 11 is -2.28. The van der Waals surface area contributed by atoms with Crippen LogP contribution in [0.25, 0.3) is 10.8 Å². The predicted molar refractivity (Wildman–Crippen MR) is 76.7 cm³/mol. The van der Waals surface area contributed by atoms with Gasteiger partial charge in [0.25, 0.3) is 0 Å². The van der Waals surface area contributed by atoms with Crippen molar-refractivity contribution in [1.82, 2.24) is 0 Å². The van der Waals surface area contributed by atoms with E-state index in [1.54, 1.807) is 6.07 Å². The van der Waals surface area contributed by atoms with E-state index in [9.17, 15) is 9.59 Å². The Hall–Kier alpha value is -1.36. The van der Waals surface area contributed by atoms with Gasteiger partial charge in [-0.05, 0) is 0 Å². The first-order valence-corrected chi connectivity index (χ1v) is 16.2. The van der Waals surface area contributed by atoms with Crippen molar-refractivity contribution in [2.45, 2.75) is 14.8 Å². The third kappa shape index (κ3) is 1.96. The molecule has 0 spiro atoms. The van der Waals surface area contributed by atoms with Crippen LogP contribution in [0.5, 0.6) is 0 Å².